The lowest BCUT2D eigenvalue weighted by Gasteiger charge is -2.29. The van der Waals surface area contributed by atoms with E-state index in [1.165, 1.54) is 21.5 Å². The number of halogens is 1. The maximum atomic E-state index is 14.1. The van der Waals surface area contributed by atoms with Crippen LogP contribution in [0.3, 0.4) is 0 Å². The first-order valence-electron chi connectivity index (χ1n) is 7.72. The van der Waals surface area contributed by atoms with Crippen molar-refractivity contribution in [3.63, 3.8) is 0 Å². The summed E-state index contributed by atoms with van der Waals surface area (Å²) in [6.45, 7) is 0.836. The first-order chi connectivity index (χ1) is 11.5. The molecular formula is C16H15FN4O3. The number of aromatic amines is 1. The molecule has 1 amide bonds. The van der Waals surface area contributed by atoms with Gasteiger partial charge < -0.3 is 15.0 Å². The van der Waals surface area contributed by atoms with Crippen molar-refractivity contribution in [1.29, 1.82) is 0 Å². The van der Waals surface area contributed by atoms with Gasteiger partial charge in [-0.05, 0) is 25.0 Å². The van der Waals surface area contributed by atoms with Crippen molar-refractivity contribution in [3.05, 3.63) is 46.1 Å². The van der Waals surface area contributed by atoms with Gasteiger partial charge in [0, 0.05) is 30.8 Å². The zero-order valence-electron chi connectivity index (χ0n) is 12.7. The highest BCUT2D eigenvalue weighted by atomic mass is 19.1. The number of carbonyl (C=O) groups is 1. The molecule has 0 spiro atoms. The lowest BCUT2D eigenvalue weighted by atomic mass is 9.93. The molecule has 1 saturated heterocycles. The Hall–Kier alpha value is -2.90. The van der Waals surface area contributed by atoms with Crippen LogP contribution >= 0.6 is 0 Å². The van der Waals surface area contributed by atoms with E-state index in [9.17, 15) is 14.0 Å². The monoisotopic (exact) mass is 330 g/mol. The standard InChI is InChI=1S/C16H15FN4O3/c17-10-2-1-3-11-14(10)15-18-12(8-13(22)21(15)19-11)9-4-6-20(7-5-9)16(23)24/h1-3,8-9,18H,4-7H2,(H,23,24). The summed E-state index contributed by atoms with van der Waals surface area (Å²) < 4.78 is 15.3. The van der Waals surface area contributed by atoms with Gasteiger partial charge in [-0.25, -0.2) is 9.18 Å². The fourth-order valence-electron chi connectivity index (χ4n) is 3.34. The van der Waals surface area contributed by atoms with E-state index in [-0.39, 0.29) is 11.5 Å². The van der Waals surface area contributed by atoms with Crippen molar-refractivity contribution in [2.75, 3.05) is 13.1 Å². The van der Waals surface area contributed by atoms with Crippen LogP contribution in [0.25, 0.3) is 16.6 Å². The number of nitrogens with one attached hydrogen (secondary N) is 1. The van der Waals surface area contributed by atoms with Gasteiger partial charge in [0.25, 0.3) is 5.56 Å². The molecule has 0 unspecified atom stereocenters. The van der Waals surface area contributed by atoms with E-state index in [2.05, 4.69) is 10.1 Å². The molecule has 1 aliphatic heterocycles. The molecule has 1 aromatic carbocycles. The van der Waals surface area contributed by atoms with Gasteiger partial charge in [0.15, 0.2) is 0 Å². The molecule has 0 radical (unpaired) electrons. The van der Waals surface area contributed by atoms with Crippen molar-refractivity contribution in [2.24, 2.45) is 0 Å². The second-order valence-corrected chi connectivity index (χ2v) is 6.00. The normalized spacial score (nSPS) is 16.1. The summed E-state index contributed by atoms with van der Waals surface area (Å²) in [6.07, 6.45) is 0.307. The van der Waals surface area contributed by atoms with E-state index < -0.39 is 11.9 Å². The highest BCUT2D eigenvalue weighted by Crippen LogP contribution is 2.28. The Bertz CT molecular complexity index is 1000. The van der Waals surface area contributed by atoms with Gasteiger partial charge in [0.05, 0.1) is 10.9 Å². The van der Waals surface area contributed by atoms with E-state index in [1.54, 1.807) is 12.1 Å². The predicted molar refractivity (Wildman–Crippen MR) is 84.8 cm³/mol. The number of likely N-dealkylation sites (tertiary alicyclic amines) is 1. The first-order valence-corrected chi connectivity index (χ1v) is 7.72. The number of H-pyrrole nitrogens is 1. The van der Waals surface area contributed by atoms with Gasteiger partial charge in [0.2, 0.25) is 0 Å². The van der Waals surface area contributed by atoms with Crippen molar-refractivity contribution in [3.8, 4) is 0 Å². The third-order valence-electron chi connectivity index (χ3n) is 4.60. The number of hydrogen-bond acceptors (Lipinski definition) is 3. The third kappa shape index (κ3) is 2.22. The summed E-state index contributed by atoms with van der Waals surface area (Å²) in [7, 11) is 0. The van der Waals surface area contributed by atoms with Crippen LogP contribution < -0.4 is 5.56 Å². The van der Waals surface area contributed by atoms with Crippen LogP contribution in [0.4, 0.5) is 9.18 Å². The van der Waals surface area contributed by atoms with Crippen LogP contribution in [0.15, 0.2) is 29.1 Å². The van der Waals surface area contributed by atoms with Gasteiger partial charge in [-0.15, -0.1) is 0 Å². The maximum absolute atomic E-state index is 14.1. The second-order valence-electron chi connectivity index (χ2n) is 6.00. The molecule has 1 fully saturated rings. The molecule has 3 heterocycles. The fraction of sp³-hybridized carbons (Fsp3) is 0.312. The quantitative estimate of drug-likeness (QED) is 0.715. The average Bonchev–Trinajstić information content (AvgIpc) is 2.95. The fourth-order valence-corrected chi connectivity index (χ4v) is 3.34. The average molecular weight is 330 g/mol. The van der Waals surface area contributed by atoms with E-state index in [4.69, 9.17) is 5.11 Å². The zero-order valence-corrected chi connectivity index (χ0v) is 12.7. The highest BCUT2D eigenvalue weighted by Gasteiger charge is 2.25. The van der Waals surface area contributed by atoms with E-state index >= 15 is 0 Å². The molecule has 8 heteroatoms. The van der Waals surface area contributed by atoms with Gasteiger partial charge in [0.1, 0.15) is 11.5 Å². The minimum Gasteiger partial charge on any atom is -0.465 e. The Morgan fingerprint density at radius 3 is 2.79 bits per heavy atom. The van der Waals surface area contributed by atoms with Crippen LogP contribution in [-0.2, 0) is 0 Å². The number of nitrogens with zero attached hydrogens (tertiary/aromatic N) is 3. The molecule has 0 atom stereocenters. The highest BCUT2D eigenvalue weighted by molar-refractivity contribution is 5.92. The largest absolute Gasteiger partial charge is 0.465 e. The van der Waals surface area contributed by atoms with E-state index in [0.29, 0.717) is 48.2 Å². The number of rotatable bonds is 1. The van der Waals surface area contributed by atoms with Crippen LogP contribution in [0.1, 0.15) is 24.5 Å². The molecule has 4 rings (SSSR count). The summed E-state index contributed by atoms with van der Waals surface area (Å²) in [5.41, 5.74) is 1.13. The summed E-state index contributed by atoms with van der Waals surface area (Å²) in [4.78, 5) is 27.8. The Labute approximate surface area is 135 Å². The maximum Gasteiger partial charge on any atom is 0.407 e. The second kappa shape index (κ2) is 5.33. The van der Waals surface area contributed by atoms with Crippen LogP contribution in [-0.4, -0.2) is 43.8 Å². The molecule has 1 aliphatic rings. The number of hydrogen-bond donors (Lipinski definition) is 2. The number of carboxylic acid groups (broad SMARTS) is 1. The summed E-state index contributed by atoms with van der Waals surface area (Å²) >= 11 is 0. The first kappa shape index (κ1) is 14.7. The van der Waals surface area contributed by atoms with Gasteiger partial charge in [-0.3, -0.25) is 4.79 Å². The molecule has 7 nitrogen and oxygen atoms in total. The number of benzene rings is 1. The smallest absolute Gasteiger partial charge is 0.407 e. The summed E-state index contributed by atoms with van der Waals surface area (Å²) in [5, 5.41) is 13.5. The van der Waals surface area contributed by atoms with Crippen LogP contribution in [0.5, 0.6) is 0 Å². The van der Waals surface area contributed by atoms with Crippen LogP contribution in [0, 0.1) is 5.82 Å². The van der Waals surface area contributed by atoms with Crippen molar-refractivity contribution in [1.82, 2.24) is 19.5 Å². The topological polar surface area (TPSA) is 90.7 Å². The Morgan fingerprint density at radius 2 is 2.08 bits per heavy atom. The van der Waals surface area contributed by atoms with E-state index in [0.717, 1.165) is 0 Å². The number of fused-ring (bicyclic) bond motifs is 3. The lowest BCUT2D eigenvalue weighted by Crippen LogP contribution is -2.37. The predicted octanol–water partition coefficient (Wildman–Crippen LogP) is 2.17. The number of amides is 1. The zero-order chi connectivity index (χ0) is 16.8. The van der Waals surface area contributed by atoms with Gasteiger partial charge >= 0.3 is 6.09 Å². The van der Waals surface area contributed by atoms with E-state index in [1.807, 2.05) is 0 Å². The minimum atomic E-state index is -0.929. The Kier molecular flexibility index (Phi) is 3.26. The number of aromatic nitrogens is 3. The third-order valence-corrected chi connectivity index (χ3v) is 4.60. The van der Waals surface area contributed by atoms with Crippen molar-refractivity contribution < 1.29 is 14.3 Å². The minimum absolute atomic E-state index is 0.0371. The SMILES string of the molecule is O=C(O)N1CCC(c2cc(=O)n3nc4cccc(F)c4c3[nH]2)CC1. The molecule has 0 bridgehead atoms. The molecule has 3 aromatic rings. The van der Waals surface area contributed by atoms with Crippen LogP contribution in [0.2, 0.25) is 0 Å². The molecular weight excluding hydrogens is 315 g/mol. The van der Waals surface area contributed by atoms with Gasteiger partial charge in [-0.1, -0.05) is 6.07 Å². The molecule has 124 valence electrons. The molecule has 0 aliphatic carbocycles. The number of piperidine rings is 1. The Morgan fingerprint density at radius 1 is 1.33 bits per heavy atom. The molecule has 24 heavy (non-hydrogen) atoms. The summed E-state index contributed by atoms with van der Waals surface area (Å²) in [6, 6.07) is 6.01. The molecule has 2 aromatic heterocycles. The lowest BCUT2D eigenvalue weighted by molar-refractivity contribution is 0.131. The van der Waals surface area contributed by atoms with Gasteiger partial charge in [-0.2, -0.15) is 9.61 Å². The Balaban J connectivity index is 1.79. The van der Waals surface area contributed by atoms with Crippen molar-refractivity contribution in [2.45, 2.75) is 18.8 Å². The molecule has 0 saturated carbocycles. The summed E-state index contributed by atoms with van der Waals surface area (Å²) in [5.74, 6) is -0.397. The molecule has 2 N–H and O–H groups in total. The van der Waals surface area contributed by atoms with Crippen molar-refractivity contribution >= 4 is 22.6 Å².